The van der Waals surface area contributed by atoms with E-state index in [1.54, 1.807) is 0 Å². The van der Waals surface area contributed by atoms with E-state index in [1.807, 2.05) is 4.90 Å². The van der Waals surface area contributed by atoms with Crippen LogP contribution in [0.2, 0.25) is 0 Å². The summed E-state index contributed by atoms with van der Waals surface area (Å²) in [6.07, 6.45) is 0. The average Bonchev–Trinajstić information content (AvgIpc) is 2.04. The molecule has 1 saturated heterocycles. The Bertz CT molecular complexity index is 409. The lowest BCUT2D eigenvalue weighted by Crippen LogP contribution is -2.52. The Morgan fingerprint density at radius 2 is 1.82 bits per heavy atom. The second-order valence-corrected chi connectivity index (χ2v) is 5.79. The largest absolute Gasteiger partial charge is 0.397 e. The summed E-state index contributed by atoms with van der Waals surface area (Å²) in [4.78, 5) is 1.88. The summed E-state index contributed by atoms with van der Waals surface area (Å²) >= 11 is 0. The van der Waals surface area contributed by atoms with Gasteiger partial charge in [-0.2, -0.15) is 0 Å². The third-order valence-corrected chi connectivity index (χ3v) is 3.48. The molecule has 1 heterocycles. The lowest BCUT2D eigenvalue weighted by Gasteiger charge is -2.47. The zero-order chi connectivity index (χ0) is 12.8. The van der Waals surface area contributed by atoms with Gasteiger partial charge in [0.05, 0.1) is 11.4 Å². The minimum absolute atomic E-state index is 0.176. The maximum absolute atomic E-state index is 13.6. The molecule has 1 fully saturated rings. The van der Waals surface area contributed by atoms with E-state index < -0.39 is 11.6 Å². The van der Waals surface area contributed by atoms with Crippen molar-refractivity contribution in [3.05, 3.63) is 23.8 Å². The van der Waals surface area contributed by atoms with Gasteiger partial charge < -0.3 is 10.6 Å². The Kier molecular flexibility index (Phi) is 2.76. The number of halogens is 2. The van der Waals surface area contributed by atoms with Crippen LogP contribution in [0.3, 0.4) is 0 Å². The summed E-state index contributed by atoms with van der Waals surface area (Å²) in [7, 11) is 0. The van der Waals surface area contributed by atoms with Gasteiger partial charge in [-0.15, -0.1) is 0 Å². The van der Waals surface area contributed by atoms with Crippen molar-refractivity contribution in [1.82, 2.24) is 0 Å². The highest BCUT2D eigenvalue weighted by Crippen LogP contribution is 2.39. The van der Waals surface area contributed by atoms with Gasteiger partial charge in [-0.25, -0.2) is 8.78 Å². The molecule has 0 amide bonds. The molecule has 2 N–H and O–H groups in total. The van der Waals surface area contributed by atoms with E-state index in [0.29, 0.717) is 11.6 Å². The SMILES string of the molecule is CC(C)(C)C1CN(c2c(N)cc(F)cc2F)C1. The molecule has 17 heavy (non-hydrogen) atoms. The molecule has 0 saturated carbocycles. The van der Waals surface area contributed by atoms with Crippen molar-refractivity contribution in [3.63, 3.8) is 0 Å². The van der Waals surface area contributed by atoms with E-state index in [4.69, 9.17) is 5.73 Å². The monoisotopic (exact) mass is 240 g/mol. The van der Waals surface area contributed by atoms with Crippen molar-refractivity contribution in [3.8, 4) is 0 Å². The molecule has 0 aliphatic carbocycles. The molecule has 0 aromatic heterocycles. The molecule has 2 rings (SSSR count). The van der Waals surface area contributed by atoms with Gasteiger partial charge in [0.15, 0.2) is 5.82 Å². The number of nitrogen functional groups attached to an aromatic ring is 1. The molecule has 1 aromatic carbocycles. The Morgan fingerprint density at radius 1 is 1.24 bits per heavy atom. The number of hydrogen-bond donors (Lipinski definition) is 1. The molecule has 0 spiro atoms. The number of hydrogen-bond acceptors (Lipinski definition) is 2. The zero-order valence-corrected chi connectivity index (χ0v) is 10.4. The smallest absolute Gasteiger partial charge is 0.151 e. The quantitative estimate of drug-likeness (QED) is 0.764. The molecular formula is C13H18F2N2. The van der Waals surface area contributed by atoms with Crippen molar-refractivity contribution in [2.24, 2.45) is 11.3 Å². The predicted molar refractivity (Wildman–Crippen MR) is 65.9 cm³/mol. The first-order valence-corrected chi connectivity index (χ1v) is 5.78. The Morgan fingerprint density at radius 3 is 2.29 bits per heavy atom. The molecule has 0 radical (unpaired) electrons. The third kappa shape index (κ3) is 2.21. The minimum Gasteiger partial charge on any atom is -0.397 e. The third-order valence-electron chi connectivity index (χ3n) is 3.48. The highest BCUT2D eigenvalue weighted by atomic mass is 19.1. The maximum Gasteiger partial charge on any atom is 0.151 e. The number of rotatable bonds is 1. The summed E-state index contributed by atoms with van der Waals surface area (Å²) in [6, 6.07) is 2.05. The van der Waals surface area contributed by atoms with E-state index in [1.165, 1.54) is 6.07 Å². The van der Waals surface area contributed by atoms with Crippen LogP contribution in [0.25, 0.3) is 0 Å². The van der Waals surface area contributed by atoms with Crippen LogP contribution in [0.5, 0.6) is 0 Å². The molecule has 0 unspecified atom stereocenters. The topological polar surface area (TPSA) is 29.3 Å². The van der Waals surface area contributed by atoms with Crippen LogP contribution in [0.1, 0.15) is 20.8 Å². The van der Waals surface area contributed by atoms with Crippen molar-refractivity contribution in [1.29, 1.82) is 0 Å². The summed E-state index contributed by atoms with van der Waals surface area (Å²) < 4.78 is 26.6. The lowest BCUT2D eigenvalue weighted by molar-refractivity contribution is 0.194. The van der Waals surface area contributed by atoms with E-state index in [-0.39, 0.29) is 11.1 Å². The molecule has 2 nitrogen and oxygen atoms in total. The first-order valence-electron chi connectivity index (χ1n) is 5.78. The number of nitrogens with zero attached hydrogens (tertiary/aromatic N) is 1. The van der Waals surface area contributed by atoms with Gasteiger partial charge in [-0.05, 0) is 17.4 Å². The summed E-state index contributed by atoms with van der Waals surface area (Å²) in [6.45, 7) is 8.05. The fourth-order valence-corrected chi connectivity index (χ4v) is 2.13. The van der Waals surface area contributed by atoms with Gasteiger partial charge in [-0.1, -0.05) is 20.8 Å². The second-order valence-electron chi connectivity index (χ2n) is 5.79. The van der Waals surface area contributed by atoms with Crippen LogP contribution < -0.4 is 10.6 Å². The van der Waals surface area contributed by atoms with E-state index in [0.717, 1.165) is 19.2 Å². The summed E-state index contributed by atoms with van der Waals surface area (Å²) in [5, 5.41) is 0. The highest BCUT2D eigenvalue weighted by molar-refractivity contribution is 5.69. The van der Waals surface area contributed by atoms with Gasteiger partial charge in [0, 0.05) is 19.2 Å². The number of anilines is 2. The van der Waals surface area contributed by atoms with E-state index >= 15 is 0 Å². The van der Waals surface area contributed by atoms with Gasteiger partial charge >= 0.3 is 0 Å². The molecule has 0 bridgehead atoms. The summed E-state index contributed by atoms with van der Waals surface area (Å²) in [5.41, 5.74) is 6.39. The van der Waals surface area contributed by atoms with Crippen LogP contribution in [-0.2, 0) is 0 Å². The van der Waals surface area contributed by atoms with Crippen LogP contribution in [0, 0.1) is 23.0 Å². The maximum atomic E-state index is 13.6. The van der Waals surface area contributed by atoms with Crippen LogP contribution >= 0.6 is 0 Å². The lowest BCUT2D eigenvalue weighted by atomic mass is 9.76. The minimum atomic E-state index is -0.628. The summed E-state index contributed by atoms with van der Waals surface area (Å²) in [5.74, 6) is -0.683. The van der Waals surface area contributed by atoms with Crippen LogP contribution in [0.15, 0.2) is 12.1 Å². The van der Waals surface area contributed by atoms with Crippen LogP contribution in [0.4, 0.5) is 20.2 Å². The fraction of sp³-hybridized carbons (Fsp3) is 0.538. The van der Waals surface area contributed by atoms with Gasteiger partial charge in [-0.3, -0.25) is 0 Å². The second kappa shape index (κ2) is 3.86. The molecule has 1 aliphatic heterocycles. The molecular weight excluding hydrogens is 222 g/mol. The van der Waals surface area contributed by atoms with Crippen molar-refractivity contribution < 1.29 is 8.78 Å². The molecule has 94 valence electrons. The predicted octanol–water partition coefficient (Wildman–Crippen LogP) is 3.03. The Hall–Kier alpha value is -1.32. The standard InChI is InChI=1S/C13H18F2N2/c1-13(2,3)8-6-17(7-8)12-10(15)4-9(14)5-11(12)16/h4-5,8H,6-7,16H2,1-3H3. The van der Waals surface area contributed by atoms with Crippen LogP contribution in [-0.4, -0.2) is 13.1 Å². The Balaban J connectivity index is 2.17. The number of nitrogens with two attached hydrogens (primary N) is 1. The Labute approximate surface area is 100 Å². The molecule has 0 atom stereocenters. The average molecular weight is 240 g/mol. The van der Waals surface area contributed by atoms with E-state index in [9.17, 15) is 8.78 Å². The first-order chi connectivity index (χ1) is 7.79. The normalized spacial score (nSPS) is 17.1. The molecule has 4 heteroatoms. The fourth-order valence-electron chi connectivity index (χ4n) is 2.13. The first kappa shape index (κ1) is 12.1. The van der Waals surface area contributed by atoms with Crippen molar-refractivity contribution >= 4 is 11.4 Å². The number of benzene rings is 1. The van der Waals surface area contributed by atoms with Crippen molar-refractivity contribution in [2.45, 2.75) is 20.8 Å². The van der Waals surface area contributed by atoms with Gasteiger partial charge in [0.2, 0.25) is 0 Å². The zero-order valence-electron chi connectivity index (χ0n) is 10.4. The molecule has 1 aliphatic rings. The highest BCUT2D eigenvalue weighted by Gasteiger charge is 2.37. The molecule has 1 aromatic rings. The van der Waals surface area contributed by atoms with Gasteiger partial charge in [0.25, 0.3) is 0 Å². The van der Waals surface area contributed by atoms with Crippen molar-refractivity contribution in [2.75, 3.05) is 23.7 Å². The van der Waals surface area contributed by atoms with E-state index in [2.05, 4.69) is 20.8 Å². The van der Waals surface area contributed by atoms with Gasteiger partial charge in [0.1, 0.15) is 5.82 Å².